The number of fused-ring (bicyclic) bond motifs is 20. The predicted molar refractivity (Wildman–Crippen MR) is 281 cm³/mol. The zero-order valence-electron chi connectivity index (χ0n) is 36.2. The molecule has 0 radical (unpaired) electrons. The third kappa shape index (κ3) is 4.51. The van der Waals surface area contributed by atoms with Crippen LogP contribution in [0.25, 0.3) is 97.4 Å². The average Bonchev–Trinajstić information content (AvgIpc) is 4.01. The Kier molecular flexibility index (Phi) is 6.92. The first-order valence-corrected chi connectivity index (χ1v) is 23.6. The fraction of sp³-hybridized carbons (Fsp3) is 0.0667. The highest BCUT2D eigenvalue weighted by atomic mass is 32.1. The van der Waals surface area contributed by atoms with Gasteiger partial charge in [-0.25, -0.2) is 0 Å². The van der Waals surface area contributed by atoms with Gasteiger partial charge in [-0.15, -0.1) is 11.3 Å². The largest absolute Gasteiger partial charge is 0.310 e. The molecule has 5 heterocycles. The van der Waals surface area contributed by atoms with Gasteiger partial charge in [0.05, 0.1) is 33.4 Å². The molecule has 304 valence electrons. The van der Waals surface area contributed by atoms with Crippen LogP contribution in [-0.2, 0) is 5.41 Å². The van der Waals surface area contributed by atoms with E-state index in [1.807, 2.05) is 11.3 Å². The van der Waals surface area contributed by atoms with Gasteiger partial charge in [-0.3, -0.25) is 0 Å². The summed E-state index contributed by atoms with van der Waals surface area (Å²) in [5, 5.41) is 14.3. The molecule has 0 amide bonds. The Morgan fingerprint density at radius 1 is 0.415 bits per heavy atom. The molecular formula is C60H40BN3S. The van der Waals surface area contributed by atoms with Crippen molar-refractivity contribution in [1.29, 1.82) is 0 Å². The molecule has 0 unspecified atom stereocenters. The SMILES string of the molecule is CC(C)(C)c1cccc2c1c1cc3c(c4c1n2-c1cc2c5ccccc5c5ccccc5c2c2c1B4c1sc4ccccc4c1N2c1ccccc1)c1ccccc1n3-c1ccccc1. The maximum Gasteiger partial charge on any atom is 0.265 e. The molecule has 0 fully saturated rings. The van der Waals surface area contributed by atoms with Crippen LogP contribution < -0.4 is 20.6 Å². The molecule has 65 heavy (non-hydrogen) atoms. The summed E-state index contributed by atoms with van der Waals surface area (Å²) in [6.45, 7) is 7.07. The molecular weight excluding hydrogens is 806 g/mol. The van der Waals surface area contributed by atoms with Gasteiger partial charge < -0.3 is 14.0 Å². The third-order valence-corrected chi connectivity index (χ3v) is 16.0. The van der Waals surface area contributed by atoms with Crippen molar-refractivity contribution in [1.82, 2.24) is 9.13 Å². The predicted octanol–water partition coefficient (Wildman–Crippen LogP) is 14.5. The van der Waals surface area contributed by atoms with E-state index >= 15 is 0 Å². The van der Waals surface area contributed by atoms with E-state index in [4.69, 9.17) is 0 Å². The minimum Gasteiger partial charge on any atom is -0.310 e. The van der Waals surface area contributed by atoms with Gasteiger partial charge in [-0.2, -0.15) is 0 Å². The molecule has 0 N–H and O–H groups in total. The Balaban J connectivity index is 1.28. The van der Waals surface area contributed by atoms with Crippen molar-refractivity contribution < 1.29 is 0 Å². The van der Waals surface area contributed by atoms with Crippen LogP contribution in [-0.4, -0.2) is 15.8 Å². The third-order valence-electron chi connectivity index (χ3n) is 14.7. The molecule has 2 aliphatic rings. The fourth-order valence-corrected chi connectivity index (χ4v) is 13.6. The van der Waals surface area contributed by atoms with E-state index in [2.05, 4.69) is 223 Å². The minimum atomic E-state index is -0.101. The van der Waals surface area contributed by atoms with Crippen molar-refractivity contribution in [2.24, 2.45) is 0 Å². The number of thiophene rings is 1. The van der Waals surface area contributed by atoms with Crippen molar-refractivity contribution >= 4 is 137 Å². The Bertz CT molecular complexity index is 4230. The Labute approximate surface area is 380 Å². The maximum absolute atomic E-state index is 2.70. The molecule has 2 aliphatic heterocycles. The zero-order valence-corrected chi connectivity index (χ0v) is 37.0. The number of benzene rings is 10. The lowest BCUT2D eigenvalue weighted by Crippen LogP contribution is -2.59. The molecule has 0 aliphatic carbocycles. The Morgan fingerprint density at radius 3 is 1.75 bits per heavy atom. The molecule has 0 bridgehead atoms. The van der Waals surface area contributed by atoms with Gasteiger partial charge in [-0.05, 0) is 103 Å². The van der Waals surface area contributed by atoms with E-state index in [1.165, 1.54) is 136 Å². The summed E-state index contributed by atoms with van der Waals surface area (Å²) < 4.78 is 7.93. The second-order valence-corrected chi connectivity index (χ2v) is 20.2. The van der Waals surface area contributed by atoms with Gasteiger partial charge in [0.1, 0.15) is 0 Å². The minimum absolute atomic E-state index is 0.0573. The van der Waals surface area contributed by atoms with E-state index in [0.29, 0.717) is 0 Å². The van der Waals surface area contributed by atoms with E-state index in [0.717, 1.165) is 0 Å². The molecule has 0 spiro atoms. The smallest absolute Gasteiger partial charge is 0.265 e. The van der Waals surface area contributed by atoms with Crippen LogP contribution in [0, 0.1) is 0 Å². The first-order valence-electron chi connectivity index (χ1n) is 22.8. The standard InChI is InChI=1S/C60H40BN3S/c1-60(2,3)45-29-18-31-47-52(45)44-34-48-53(41-27-14-16-30-46(41)62(48)35-19-6-4-7-20-35)55-56(44)64(47)49-33-43-39-25-11-10-23-37(39)38-24-12-13-26-40(38)51(43)58-54(49)61(55)59-57(42-28-15-17-32-50(42)65-59)63(58)36-21-8-5-9-22-36/h4-34H,1-3H3. The second-order valence-electron chi connectivity index (χ2n) is 19.1. The van der Waals surface area contributed by atoms with Crippen LogP contribution in [0.3, 0.4) is 0 Å². The van der Waals surface area contributed by atoms with Gasteiger partial charge in [-0.1, -0.05) is 154 Å². The first kappa shape index (κ1) is 35.8. The molecule has 0 atom stereocenters. The number of nitrogens with zero attached hydrogens (tertiary/aromatic N) is 3. The molecule has 0 saturated carbocycles. The van der Waals surface area contributed by atoms with Gasteiger partial charge >= 0.3 is 0 Å². The van der Waals surface area contributed by atoms with Crippen LogP contribution >= 0.6 is 11.3 Å². The summed E-state index contributed by atoms with van der Waals surface area (Å²) in [6.07, 6.45) is 0. The van der Waals surface area contributed by atoms with E-state index in [-0.39, 0.29) is 12.1 Å². The Hall–Kier alpha value is -7.60. The van der Waals surface area contributed by atoms with Crippen LogP contribution in [0.2, 0.25) is 0 Å². The summed E-state index contributed by atoms with van der Waals surface area (Å²) in [6, 6.07) is 70.9. The quantitative estimate of drug-likeness (QED) is 0.125. The van der Waals surface area contributed by atoms with Crippen molar-refractivity contribution in [2.75, 3.05) is 4.90 Å². The molecule has 3 aromatic heterocycles. The van der Waals surface area contributed by atoms with Gasteiger partial charge in [0.15, 0.2) is 0 Å². The highest BCUT2D eigenvalue weighted by molar-refractivity contribution is 7.34. The van der Waals surface area contributed by atoms with Crippen LogP contribution in [0.1, 0.15) is 26.3 Å². The number of hydrogen-bond acceptors (Lipinski definition) is 2. The topological polar surface area (TPSA) is 13.1 Å². The van der Waals surface area contributed by atoms with Crippen molar-refractivity contribution in [2.45, 2.75) is 26.2 Å². The molecule has 5 heteroatoms. The zero-order chi connectivity index (χ0) is 42.9. The summed E-state index contributed by atoms with van der Waals surface area (Å²) >= 11 is 1.98. The van der Waals surface area contributed by atoms with Gasteiger partial charge in [0.2, 0.25) is 0 Å². The van der Waals surface area contributed by atoms with Crippen molar-refractivity contribution in [3.05, 3.63) is 194 Å². The van der Waals surface area contributed by atoms with Crippen LogP contribution in [0.4, 0.5) is 17.1 Å². The molecule has 0 saturated heterocycles. The van der Waals surface area contributed by atoms with Crippen molar-refractivity contribution in [3.63, 3.8) is 0 Å². The van der Waals surface area contributed by atoms with E-state index in [1.54, 1.807) is 0 Å². The molecule has 15 rings (SSSR count). The number of rotatable bonds is 2. The number of aromatic nitrogens is 2. The average molecular weight is 846 g/mol. The monoisotopic (exact) mass is 845 g/mol. The van der Waals surface area contributed by atoms with E-state index < -0.39 is 0 Å². The second kappa shape index (κ2) is 12.6. The highest BCUT2D eigenvalue weighted by Crippen LogP contribution is 2.52. The summed E-state index contributed by atoms with van der Waals surface area (Å²) in [7, 11) is 0. The van der Waals surface area contributed by atoms with Crippen LogP contribution in [0.15, 0.2) is 188 Å². The highest BCUT2D eigenvalue weighted by Gasteiger charge is 2.47. The lowest BCUT2D eigenvalue weighted by atomic mass is 9.36. The summed E-state index contributed by atoms with van der Waals surface area (Å²) in [5.74, 6) is 0. The number of anilines is 3. The fourth-order valence-electron chi connectivity index (χ4n) is 12.3. The van der Waals surface area contributed by atoms with Crippen LogP contribution in [0.5, 0.6) is 0 Å². The normalized spacial score (nSPS) is 13.4. The van der Waals surface area contributed by atoms with Gasteiger partial charge in [0, 0.05) is 58.9 Å². The summed E-state index contributed by atoms with van der Waals surface area (Å²) in [4.78, 5) is 2.66. The molecule has 13 aromatic rings. The first-order chi connectivity index (χ1) is 32.0. The molecule has 3 nitrogen and oxygen atoms in total. The van der Waals surface area contributed by atoms with Crippen molar-refractivity contribution in [3.8, 4) is 11.4 Å². The maximum atomic E-state index is 2.70. The number of para-hydroxylation sites is 3. The van der Waals surface area contributed by atoms with E-state index in [9.17, 15) is 0 Å². The summed E-state index contributed by atoms with van der Waals surface area (Å²) in [5.41, 5.74) is 15.3. The molecule has 10 aromatic carbocycles. The lowest BCUT2D eigenvalue weighted by molar-refractivity contribution is 0.596. The lowest BCUT2D eigenvalue weighted by Gasteiger charge is -2.40. The van der Waals surface area contributed by atoms with Gasteiger partial charge in [0.25, 0.3) is 6.71 Å². The Morgan fingerprint density at radius 2 is 1.02 bits per heavy atom. The number of hydrogen-bond donors (Lipinski definition) is 0.